The molecule has 1 saturated carbocycles. The first kappa shape index (κ1) is 21.6. The third-order valence-electron chi connectivity index (χ3n) is 7.56. The van der Waals surface area contributed by atoms with Gasteiger partial charge in [-0.2, -0.15) is 0 Å². The largest absolute Gasteiger partial charge is 0.347 e. The highest BCUT2D eigenvalue weighted by Gasteiger charge is 2.57. The minimum absolute atomic E-state index is 0.431. The average molecular weight is 479 g/mol. The molecule has 3 aromatic heterocycles. The Labute approximate surface area is 209 Å². The molecule has 4 heterocycles. The van der Waals surface area contributed by atoms with E-state index in [-0.39, 0.29) is 0 Å². The molecule has 7 nitrogen and oxygen atoms in total. The van der Waals surface area contributed by atoms with E-state index in [1.165, 1.54) is 0 Å². The van der Waals surface area contributed by atoms with Gasteiger partial charge >= 0.3 is 0 Å². The Morgan fingerprint density at radius 1 is 0.972 bits per heavy atom. The second kappa shape index (κ2) is 7.93. The molecule has 5 aromatic rings. The van der Waals surface area contributed by atoms with Crippen LogP contribution in [-0.2, 0) is 21.4 Å². The Morgan fingerprint density at radius 2 is 1.72 bits per heavy atom. The lowest BCUT2D eigenvalue weighted by Gasteiger charge is -2.50. The fraction of sp³-hybridized carbons (Fsp3) is 0.276. The Bertz CT molecular complexity index is 1580. The van der Waals surface area contributed by atoms with E-state index in [2.05, 4.69) is 78.2 Å². The van der Waals surface area contributed by atoms with Gasteiger partial charge in [0.1, 0.15) is 5.69 Å². The zero-order valence-corrected chi connectivity index (χ0v) is 20.2. The van der Waals surface area contributed by atoms with Gasteiger partial charge in [-0.15, -0.1) is 0 Å². The van der Waals surface area contributed by atoms with E-state index in [0.29, 0.717) is 26.1 Å². The molecule has 2 aliphatic rings. The highest BCUT2D eigenvalue weighted by atomic mass is 16.7. The van der Waals surface area contributed by atoms with Crippen LogP contribution in [0.2, 0.25) is 0 Å². The normalized spacial score (nSPS) is 18.2. The Kier molecular flexibility index (Phi) is 4.76. The van der Waals surface area contributed by atoms with Gasteiger partial charge in [0.05, 0.1) is 35.9 Å². The minimum atomic E-state index is -0.485. The van der Waals surface area contributed by atoms with Crippen LogP contribution in [0.1, 0.15) is 31.2 Å². The lowest BCUT2D eigenvalue weighted by atomic mass is 9.68. The SMILES string of the molecule is CCc1nn(-c2ccc(C3(N)CC4(C3)OCCO4)cc2)c2c3cc(-c4ccccc4)cnc3cc[n+]12. The Balaban J connectivity index is 1.33. The molecule has 2 fully saturated rings. The first-order valence-electron chi connectivity index (χ1n) is 12.5. The molecule has 1 spiro atoms. The summed E-state index contributed by atoms with van der Waals surface area (Å²) in [5, 5.41) is 6.05. The van der Waals surface area contributed by atoms with Crippen LogP contribution in [0.5, 0.6) is 0 Å². The van der Waals surface area contributed by atoms with Crippen molar-refractivity contribution in [3.05, 3.63) is 90.5 Å². The van der Waals surface area contributed by atoms with Crippen LogP contribution in [0.25, 0.3) is 33.4 Å². The van der Waals surface area contributed by atoms with Gasteiger partial charge in [-0.05, 0) is 35.4 Å². The summed E-state index contributed by atoms with van der Waals surface area (Å²) in [5.41, 5.74) is 12.5. The summed E-state index contributed by atoms with van der Waals surface area (Å²) < 4.78 is 15.8. The van der Waals surface area contributed by atoms with Gasteiger partial charge < -0.3 is 15.2 Å². The van der Waals surface area contributed by atoms with Crippen LogP contribution >= 0.6 is 0 Å². The smallest absolute Gasteiger partial charge is 0.282 e. The van der Waals surface area contributed by atoms with Gasteiger partial charge in [0.2, 0.25) is 0 Å². The molecule has 36 heavy (non-hydrogen) atoms. The maximum absolute atomic E-state index is 6.74. The highest BCUT2D eigenvalue weighted by Crippen LogP contribution is 2.51. The lowest BCUT2D eigenvalue weighted by Crippen LogP contribution is -2.60. The van der Waals surface area contributed by atoms with Gasteiger partial charge in [-0.3, -0.25) is 4.98 Å². The van der Waals surface area contributed by atoms with E-state index in [4.69, 9.17) is 25.3 Å². The van der Waals surface area contributed by atoms with E-state index >= 15 is 0 Å². The maximum Gasteiger partial charge on any atom is 0.282 e. The zero-order chi connectivity index (χ0) is 24.3. The molecule has 2 N–H and O–H groups in total. The topological polar surface area (TPSA) is 79.3 Å². The fourth-order valence-corrected chi connectivity index (χ4v) is 5.73. The molecule has 7 heteroatoms. The number of hydrogen-bond acceptors (Lipinski definition) is 5. The molecule has 1 saturated heterocycles. The van der Waals surface area contributed by atoms with Crippen LogP contribution in [0.15, 0.2) is 79.1 Å². The molecule has 2 aromatic carbocycles. The number of fused-ring (bicyclic) bond motifs is 3. The number of nitrogens with zero attached hydrogens (tertiary/aromatic N) is 4. The molecular weight excluding hydrogens is 450 g/mol. The van der Waals surface area contributed by atoms with Gasteiger partial charge in [-0.1, -0.05) is 54.1 Å². The molecule has 1 aliphatic carbocycles. The Morgan fingerprint density at radius 3 is 2.44 bits per heavy atom. The Hall–Kier alpha value is -3.65. The molecule has 0 bridgehead atoms. The quantitative estimate of drug-likeness (QED) is 0.394. The number of aromatic nitrogens is 4. The van der Waals surface area contributed by atoms with Crippen molar-refractivity contribution in [1.82, 2.24) is 14.8 Å². The summed E-state index contributed by atoms with van der Waals surface area (Å²) in [5.74, 6) is 0.508. The molecule has 0 atom stereocenters. The molecule has 0 amide bonds. The zero-order valence-electron chi connectivity index (χ0n) is 20.2. The molecule has 1 aliphatic heterocycles. The van der Waals surface area contributed by atoms with Crippen LogP contribution in [-0.4, -0.2) is 33.8 Å². The van der Waals surface area contributed by atoms with E-state index in [9.17, 15) is 0 Å². The van der Waals surface area contributed by atoms with Gasteiger partial charge in [-0.25, -0.2) is 4.40 Å². The lowest BCUT2D eigenvalue weighted by molar-refractivity contribution is -0.520. The summed E-state index contributed by atoms with van der Waals surface area (Å²) in [6.07, 6.45) is 6.18. The van der Waals surface area contributed by atoms with Crippen molar-refractivity contribution in [2.45, 2.75) is 37.5 Å². The van der Waals surface area contributed by atoms with Crippen LogP contribution in [0.3, 0.4) is 0 Å². The van der Waals surface area contributed by atoms with Crippen LogP contribution in [0.4, 0.5) is 0 Å². The van der Waals surface area contributed by atoms with Gasteiger partial charge in [0.15, 0.2) is 5.79 Å². The number of aryl methyl sites for hydroxylation is 1. The number of pyridine rings is 2. The van der Waals surface area contributed by atoms with Crippen molar-refractivity contribution < 1.29 is 13.9 Å². The second-order valence-corrected chi connectivity index (χ2v) is 9.88. The molecule has 180 valence electrons. The summed E-state index contributed by atoms with van der Waals surface area (Å²) in [6.45, 7) is 3.42. The molecule has 0 unspecified atom stereocenters. The van der Waals surface area contributed by atoms with E-state index in [0.717, 1.165) is 51.2 Å². The van der Waals surface area contributed by atoms with E-state index in [1.807, 2.05) is 16.9 Å². The third-order valence-corrected chi connectivity index (χ3v) is 7.56. The third kappa shape index (κ3) is 3.27. The van der Waals surface area contributed by atoms with E-state index in [1.54, 1.807) is 0 Å². The number of ether oxygens (including phenoxy) is 2. The maximum atomic E-state index is 6.74. The standard InChI is InChI=1S/C29H28N5O2/c1-2-26-32-34(23-10-8-22(9-11-23)28(30)18-29(19-28)35-14-15-36-29)27-24-16-21(20-6-4-3-5-7-20)17-31-25(24)12-13-33(26)27/h3-13,16-17H,2,14-15,18-19,30H2,1H3/q+1. The predicted octanol–water partition coefficient (Wildman–Crippen LogP) is 4.08. The van der Waals surface area contributed by atoms with Crippen molar-refractivity contribution in [2.24, 2.45) is 5.73 Å². The molecule has 7 rings (SSSR count). The number of hydrogen-bond donors (Lipinski definition) is 1. The van der Waals surface area contributed by atoms with Crippen molar-refractivity contribution >= 4 is 16.6 Å². The van der Waals surface area contributed by atoms with Crippen molar-refractivity contribution in [3.63, 3.8) is 0 Å². The predicted molar refractivity (Wildman–Crippen MR) is 137 cm³/mol. The number of rotatable bonds is 4. The van der Waals surface area contributed by atoms with Crippen LogP contribution in [0, 0.1) is 0 Å². The average Bonchev–Trinajstić information content (AvgIpc) is 3.54. The first-order chi connectivity index (χ1) is 17.6. The summed E-state index contributed by atoms with van der Waals surface area (Å²) in [6, 6.07) is 23.0. The van der Waals surface area contributed by atoms with Crippen LogP contribution < -0.4 is 10.1 Å². The number of nitrogens with two attached hydrogens (primary N) is 1. The van der Waals surface area contributed by atoms with Gasteiger partial charge in [0.25, 0.3) is 11.5 Å². The highest BCUT2D eigenvalue weighted by molar-refractivity contribution is 5.92. The molecular formula is C29H28N5O2+. The van der Waals surface area contributed by atoms with E-state index < -0.39 is 11.3 Å². The van der Waals surface area contributed by atoms with Crippen molar-refractivity contribution in [3.8, 4) is 16.8 Å². The fourth-order valence-electron chi connectivity index (χ4n) is 5.73. The van der Waals surface area contributed by atoms with Crippen molar-refractivity contribution in [1.29, 1.82) is 0 Å². The first-order valence-corrected chi connectivity index (χ1v) is 12.5. The summed E-state index contributed by atoms with van der Waals surface area (Å²) in [4.78, 5) is 4.78. The number of benzene rings is 2. The van der Waals surface area contributed by atoms with Gasteiger partial charge in [0, 0.05) is 36.1 Å². The monoisotopic (exact) mass is 478 g/mol. The van der Waals surface area contributed by atoms with Crippen molar-refractivity contribution in [2.75, 3.05) is 13.2 Å². The summed E-state index contributed by atoms with van der Waals surface area (Å²) in [7, 11) is 0. The molecule has 0 radical (unpaired) electrons. The second-order valence-electron chi connectivity index (χ2n) is 9.88. The minimum Gasteiger partial charge on any atom is -0.347 e. The summed E-state index contributed by atoms with van der Waals surface area (Å²) >= 11 is 0.